The average Bonchev–Trinajstić information content (AvgIpc) is 2.47. The summed E-state index contributed by atoms with van der Waals surface area (Å²) in [5, 5.41) is 4.24. The Hall–Kier alpha value is -1.26. The van der Waals surface area contributed by atoms with Crippen LogP contribution in [0.2, 0.25) is 5.02 Å². The van der Waals surface area contributed by atoms with E-state index in [0.29, 0.717) is 19.6 Å². The molecular formula is C18H29ClN2O2. The predicted molar refractivity (Wildman–Crippen MR) is 96.0 cm³/mol. The molecule has 1 aromatic rings. The second kappa shape index (κ2) is 9.14. The van der Waals surface area contributed by atoms with E-state index in [1.54, 1.807) is 4.90 Å². The Morgan fingerprint density at radius 1 is 1.26 bits per heavy atom. The van der Waals surface area contributed by atoms with E-state index < -0.39 is 5.60 Å². The highest BCUT2D eigenvalue weighted by Crippen LogP contribution is 2.19. The van der Waals surface area contributed by atoms with Crippen molar-refractivity contribution in [3.63, 3.8) is 0 Å². The third-order valence-corrected chi connectivity index (χ3v) is 3.74. The van der Waals surface area contributed by atoms with Gasteiger partial charge in [0.05, 0.1) is 0 Å². The molecule has 0 fully saturated rings. The van der Waals surface area contributed by atoms with Crippen molar-refractivity contribution in [2.45, 2.75) is 52.7 Å². The van der Waals surface area contributed by atoms with E-state index in [0.717, 1.165) is 11.4 Å². The first-order chi connectivity index (χ1) is 10.8. The molecule has 1 rings (SSSR count). The number of carbonyl (C=O) groups is 1. The van der Waals surface area contributed by atoms with Crippen LogP contribution in [0, 0.1) is 0 Å². The second-order valence-corrected chi connectivity index (χ2v) is 6.96. The first kappa shape index (κ1) is 19.8. The lowest BCUT2D eigenvalue weighted by Crippen LogP contribution is -2.40. The van der Waals surface area contributed by atoms with Crippen LogP contribution in [0.4, 0.5) is 4.79 Å². The van der Waals surface area contributed by atoms with Crippen LogP contribution in [0.3, 0.4) is 0 Å². The molecule has 1 N–H and O–H groups in total. The predicted octanol–water partition coefficient (Wildman–Crippen LogP) is 4.64. The van der Waals surface area contributed by atoms with Gasteiger partial charge in [0.1, 0.15) is 5.60 Å². The van der Waals surface area contributed by atoms with Crippen molar-refractivity contribution in [2.24, 2.45) is 0 Å². The summed E-state index contributed by atoms with van der Waals surface area (Å²) in [7, 11) is 0. The molecule has 130 valence electrons. The number of amides is 1. The van der Waals surface area contributed by atoms with Crippen molar-refractivity contribution >= 4 is 17.7 Å². The number of rotatable bonds is 7. The van der Waals surface area contributed by atoms with Crippen molar-refractivity contribution < 1.29 is 9.53 Å². The topological polar surface area (TPSA) is 41.6 Å². The largest absolute Gasteiger partial charge is 0.444 e. The molecule has 4 nitrogen and oxygen atoms in total. The number of nitrogens with zero attached hydrogens (tertiary/aromatic N) is 1. The average molecular weight is 341 g/mol. The summed E-state index contributed by atoms with van der Waals surface area (Å²) >= 11 is 5.93. The Balaban J connectivity index is 2.51. The highest BCUT2D eigenvalue weighted by atomic mass is 35.5. The molecule has 1 atom stereocenters. The van der Waals surface area contributed by atoms with E-state index >= 15 is 0 Å². The number of benzene rings is 1. The van der Waals surface area contributed by atoms with Gasteiger partial charge in [-0.25, -0.2) is 4.79 Å². The van der Waals surface area contributed by atoms with Gasteiger partial charge in [-0.2, -0.15) is 0 Å². The fourth-order valence-corrected chi connectivity index (χ4v) is 2.40. The lowest BCUT2D eigenvalue weighted by atomic mass is 10.0. The maximum absolute atomic E-state index is 12.1. The minimum atomic E-state index is -0.465. The monoisotopic (exact) mass is 340 g/mol. The fraction of sp³-hybridized carbons (Fsp3) is 0.611. The van der Waals surface area contributed by atoms with Crippen molar-refractivity contribution in [3.05, 3.63) is 34.9 Å². The van der Waals surface area contributed by atoms with Crippen LogP contribution in [0.25, 0.3) is 0 Å². The SMILES string of the molecule is CCC(NCCN(CC)C(=O)OC(C)(C)C)c1ccc(Cl)cc1. The summed E-state index contributed by atoms with van der Waals surface area (Å²) < 4.78 is 5.42. The van der Waals surface area contributed by atoms with Gasteiger partial charge in [-0.15, -0.1) is 0 Å². The lowest BCUT2D eigenvalue weighted by Gasteiger charge is -2.27. The number of nitrogens with one attached hydrogen (secondary N) is 1. The molecule has 0 radical (unpaired) electrons. The zero-order valence-electron chi connectivity index (χ0n) is 14.9. The summed E-state index contributed by atoms with van der Waals surface area (Å²) in [6.45, 7) is 11.7. The van der Waals surface area contributed by atoms with Crippen LogP contribution in [-0.4, -0.2) is 36.2 Å². The van der Waals surface area contributed by atoms with Crippen LogP contribution in [-0.2, 0) is 4.74 Å². The zero-order chi connectivity index (χ0) is 17.5. The quantitative estimate of drug-likeness (QED) is 0.786. The van der Waals surface area contributed by atoms with Crippen molar-refractivity contribution in [1.82, 2.24) is 10.2 Å². The Morgan fingerprint density at radius 3 is 2.35 bits per heavy atom. The standard InChI is InChI=1S/C18H29ClN2O2/c1-6-16(14-8-10-15(19)11-9-14)20-12-13-21(7-2)17(22)23-18(3,4)5/h8-11,16,20H,6-7,12-13H2,1-5H3. The number of hydrogen-bond acceptors (Lipinski definition) is 3. The molecule has 1 unspecified atom stereocenters. The summed E-state index contributed by atoms with van der Waals surface area (Å²) in [6.07, 6.45) is 0.710. The van der Waals surface area contributed by atoms with Gasteiger partial charge in [0.2, 0.25) is 0 Å². The molecule has 23 heavy (non-hydrogen) atoms. The minimum Gasteiger partial charge on any atom is -0.444 e. The highest BCUT2D eigenvalue weighted by molar-refractivity contribution is 6.30. The molecule has 0 aromatic heterocycles. The molecule has 0 aliphatic heterocycles. The smallest absolute Gasteiger partial charge is 0.410 e. The zero-order valence-corrected chi connectivity index (χ0v) is 15.6. The van der Waals surface area contributed by atoms with Gasteiger partial charge in [-0.05, 0) is 51.8 Å². The highest BCUT2D eigenvalue weighted by Gasteiger charge is 2.21. The molecule has 5 heteroatoms. The van der Waals surface area contributed by atoms with Crippen LogP contribution in [0.5, 0.6) is 0 Å². The van der Waals surface area contributed by atoms with Gasteiger partial charge in [0.15, 0.2) is 0 Å². The summed E-state index contributed by atoms with van der Waals surface area (Å²) in [4.78, 5) is 13.8. The van der Waals surface area contributed by atoms with Crippen LogP contribution in [0.15, 0.2) is 24.3 Å². The molecular weight excluding hydrogens is 312 g/mol. The van der Waals surface area contributed by atoms with Crippen molar-refractivity contribution in [2.75, 3.05) is 19.6 Å². The third kappa shape index (κ3) is 7.23. The van der Waals surface area contributed by atoms with Gasteiger partial charge in [-0.3, -0.25) is 0 Å². The number of ether oxygens (including phenoxy) is 1. The lowest BCUT2D eigenvalue weighted by molar-refractivity contribution is 0.0261. The first-order valence-electron chi connectivity index (χ1n) is 8.23. The number of likely N-dealkylation sites (N-methyl/N-ethyl adjacent to an activating group) is 1. The Kier molecular flexibility index (Phi) is 7.86. The van der Waals surface area contributed by atoms with Gasteiger partial charge in [0, 0.05) is 30.7 Å². The number of halogens is 1. The Labute approximate surface area is 145 Å². The number of hydrogen-bond donors (Lipinski definition) is 1. The van der Waals surface area contributed by atoms with Gasteiger partial charge >= 0.3 is 6.09 Å². The molecule has 0 aliphatic rings. The summed E-state index contributed by atoms with van der Waals surface area (Å²) in [5.41, 5.74) is 0.741. The number of carbonyl (C=O) groups excluding carboxylic acids is 1. The molecule has 1 amide bonds. The van der Waals surface area contributed by atoms with Crippen LogP contribution < -0.4 is 5.32 Å². The van der Waals surface area contributed by atoms with E-state index in [1.807, 2.05) is 52.0 Å². The summed E-state index contributed by atoms with van der Waals surface area (Å²) in [6, 6.07) is 8.13. The molecule has 0 spiro atoms. The molecule has 0 aliphatic carbocycles. The normalized spacial score (nSPS) is 12.8. The summed E-state index contributed by atoms with van der Waals surface area (Å²) in [5.74, 6) is 0. The molecule has 0 saturated heterocycles. The van der Waals surface area contributed by atoms with E-state index in [1.165, 1.54) is 5.56 Å². The van der Waals surface area contributed by atoms with E-state index in [4.69, 9.17) is 16.3 Å². The second-order valence-electron chi connectivity index (χ2n) is 6.53. The van der Waals surface area contributed by atoms with E-state index in [2.05, 4.69) is 12.2 Å². The van der Waals surface area contributed by atoms with Crippen molar-refractivity contribution in [3.8, 4) is 0 Å². The van der Waals surface area contributed by atoms with E-state index in [-0.39, 0.29) is 12.1 Å². The maximum atomic E-state index is 12.1. The Bertz CT molecular complexity index is 483. The molecule has 0 saturated carbocycles. The van der Waals surface area contributed by atoms with Gasteiger partial charge in [0.25, 0.3) is 0 Å². The van der Waals surface area contributed by atoms with Gasteiger partial charge < -0.3 is 15.0 Å². The van der Waals surface area contributed by atoms with Gasteiger partial charge in [-0.1, -0.05) is 30.7 Å². The molecule has 1 aromatic carbocycles. The van der Waals surface area contributed by atoms with Crippen LogP contribution >= 0.6 is 11.6 Å². The first-order valence-corrected chi connectivity index (χ1v) is 8.61. The fourth-order valence-electron chi connectivity index (χ4n) is 2.27. The molecule has 0 bridgehead atoms. The van der Waals surface area contributed by atoms with Crippen molar-refractivity contribution in [1.29, 1.82) is 0 Å². The van der Waals surface area contributed by atoms with E-state index in [9.17, 15) is 4.79 Å². The third-order valence-electron chi connectivity index (χ3n) is 3.49. The molecule has 0 heterocycles. The maximum Gasteiger partial charge on any atom is 0.410 e. The van der Waals surface area contributed by atoms with Crippen LogP contribution in [0.1, 0.15) is 52.6 Å². The minimum absolute atomic E-state index is 0.254. The Morgan fingerprint density at radius 2 is 1.87 bits per heavy atom.